The van der Waals surface area contributed by atoms with Crippen LogP contribution < -0.4 is 10.2 Å². The van der Waals surface area contributed by atoms with Crippen molar-refractivity contribution in [1.82, 2.24) is 20.1 Å². The molecule has 0 bridgehead atoms. The van der Waals surface area contributed by atoms with Crippen molar-refractivity contribution in [3.63, 3.8) is 0 Å². The van der Waals surface area contributed by atoms with Crippen LogP contribution in [0.15, 0.2) is 34.6 Å². The lowest BCUT2D eigenvalue weighted by atomic mass is 10.2. The zero-order chi connectivity index (χ0) is 21.3. The van der Waals surface area contributed by atoms with Gasteiger partial charge in [-0.05, 0) is 50.9 Å². The van der Waals surface area contributed by atoms with Gasteiger partial charge in [0.1, 0.15) is 0 Å². The summed E-state index contributed by atoms with van der Waals surface area (Å²) in [5.74, 6) is 0.937. The van der Waals surface area contributed by atoms with Crippen LogP contribution >= 0.6 is 35.3 Å². The predicted molar refractivity (Wildman–Crippen MR) is 144 cm³/mol. The highest BCUT2D eigenvalue weighted by Gasteiger charge is 2.16. The van der Waals surface area contributed by atoms with E-state index in [4.69, 9.17) is 0 Å². The number of anilines is 1. The van der Waals surface area contributed by atoms with Gasteiger partial charge in [-0.15, -0.1) is 35.3 Å². The fourth-order valence-electron chi connectivity index (χ4n) is 3.90. The van der Waals surface area contributed by atoms with Crippen molar-refractivity contribution in [3.8, 4) is 0 Å². The van der Waals surface area contributed by atoms with Gasteiger partial charge in [-0.25, -0.2) is 4.98 Å². The quantitative estimate of drug-likeness (QED) is 0.231. The van der Waals surface area contributed by atoms with Crippen LogP contribution in [0.5, 0.6) is 0 Å². The number of rotatable bonds is 8. The molecule has 3 rings (SSSR count). The molecule has 172 valence electrons. The van der Waals surface area contributed by atoms with E-state index < -0.39 is 0 Å². The summed E-state index contributed by atoms with van der Waals surface area (Å²) in [5, 5.41) is 6.73. The second-order valence-electron chi connectivity index (χ2n) is 8.06. The van der Waals surface area contributed by atoms with Crippen molar-refractivity contribution < 1.29 is 0 Å². The fourth-order valence-corrected chi connectivity index (χ4v) is 4.50. The minimum absolute atomic E-state index is 0. The molecule has 1 aliphatic heterocycles. The number of unbranched alkanes of at least 4 members (excludes halogenated alkanes) is 1. The molecule has 1 saturated heterocycles. The molecular formula is C23H37IN6S. The van der Waals surface area contributed by atoms with Crippen LogP contribution in [0.1, 0.15) is 29.1 Å². The Morgan fingerprint density at radius 2 is 1.97 bits per heavy atom. The number of piperazine rings is 1. The first-order valence-corrected chi connectivity index (χ1v) is 11.8. The first kappa shape index (κ1) is 25.9. The molecule has 0 spiro atoms. The van der Waals surface area contributed by atoms with E-state index in [2.05, 4.69) is 73.6 Å². The number of hydrogen-bond donors (Lipinski definition) is 1. The molecule has 1 aromatic carbocycles. The number of benzene rings is 1. The van der Waals surface area contributed by atoms with Crippen LogP contribution in [-0.4, -0.2) is 74.1 Å². The summed E-state index contributed by atoms with van der Waals surface area (Å²) >= 11 is 1.70. The van der Waals surface area contributed by atoms with Crippen molar-refractivity contribution in [2.45, 2.75) is 33.2 Å². The molecule has 1 aromatic heterocycles. The molecule has 8 heteroatoms. The zero-order valence-corrected chi connectivity index (χ0v) is 22.5. The Labute approximate surface area is 208 Å². The third-order valence-corrected chi connectivity index (χ3v) is 6.38. The summed E-state index contributed by atoms with van der Waals surface area (Å²) in [6, 6.07) is 8.85. The van der Waals surface area contributed by atoms with Crippen molar-refractivity contribution in [2.24, 2.45) is 4.99 Å². The van der Waals surface area contributed by atoms with Crippen LogP contribution in [0.4, 0.5) is 5.69 Å². The van der Waals surface area contributed by atoms with Crippen molar-refractivity contribution in [3.05, 3.63) is 45.9 Å². The minimum Gasteiger partial charge on any atom is -0.369 e. The lowest BCUT2D eigenvalue weighted by molar-refractivity contribution is 0.253. The first-order chi connectivity index (χ1) is 14.5. The topological polar surface area (TPSA) is 47.0 Å². The smallest absolute Gasteiger partial charge is 0.193 e. The second kappa shape index (κ2) is 13.2. The van der Waals surface area contributed by atoms with Gasteiger partial charge in [-0.3, -0.25) is 9.89 Å². The summed E-state index contributed by atoms with van der Waals surface area (Å²) in [6.07, 6.45) is 2.37. The maximum atomic E-state index is 4.54. The number of nitrogens with zero attached hydrogens (tertiary/aromatic N) is 5. The van der Waals surface area contributed by atoms with Gasteiger partial charge >= 0.3 is 0 Å². The molecule has 2 aromatic rings. The van der Waals surface area contributed by atoms with Gasteiger partial charge in [0, 0.05) is 57.9 Å². The number of aromatic nitrogens is 1. The lowest BCUT2D eigenvalue weighted by Gasteiger charge is -2.36. The Balaban J connectivity index is 0.00000341. The third-order valence-electron chi connectivity index (χ3n) is 5.56. The molecule has 2 heterocycles. The van der Waals surface area contributed by atoms with E-state index in [0.717, 1.165) is 62.4 Å². The maximum absolute atomic E-state index is 4.54. The molecular weight excluding hydrogens is 519 g/mol. The summed E-state index contributed by atoms with van der Waals surface area (Å²) in [4.78, 5) is 16.2. The van der Waals surface area contributed by atoms with Crippen molar-refractivity contribution in [2.75, 3.05) is 58.3 Å². The van der Waals surface area contributed by atoms with Crippen molar-refractivity contribution >= 4 is 47.0 Å². The molecule has 0 aliphatic carbocycles. The molecule has 6 nitrogen and oxygen atoms in total. The molecule has 0 unspecified atom stereocenters. The third kappa shape index (κ3) is 8.23. The van der Waals surface area contributed by atoms with Gasteiger partial charge in [0.05, 0.1) is 17.2 Å². The van der Waals surface area contributed by atoms with Crippen molar-refractivity contribution in [1.29, 1.82) is 0 Å². The second-order valence-corrected chi connectivity index (χ2v) is 9.12. The van der Waals surface area contributed by atoms with Crippen LogP contribution in [0, 0.1) is 13.8 Å². The highest BCUT2D eigenvalue weighted by molar-refractivity contribution is 14.0. The first-order valence-electron chi connectivity index (χ1n) is 10.9. The number of aryl methyl sites for hydroxylation is 2. The highest BCUT2D eigenvalue weighted by Crippen LogP contribution is 2.18. The summed E-state index contributed by atoms with van der Waals surface area (Å²) in [7, 11) is 3.91. The van der Waals surface area contributed by atoms with E-state index in [-0.39, 0.29) is 24.0 Å². The Hall–Kier alpha value is -1.39. The maximum Gasteiger partial charge on any atom is 0.193 e. The number of halogens is 1. The van der Waals surface area contributed by atoms with Gasteiger partial charge in [-0.2, -0.15) is 0 Å². The number of nitrogens with one attached hydrogen (secondary N) is 1. The van der Waals surface area contributed by atoms with E-state index in [1.165, 1.54) is 24.2 Å². The minimum atomic E-state index is 0. The standard InChI is InChI=1S/C23H36N6S.HI/c1-19-8-7-9-22(16-19)29-14-12-28(13-15-29)11-6-5-10-25-23(24-3)27(4)17-21-18-30-20(2)26-21;/h7-9,16,18H,5-6,10-15,17H2,1-4H3,(H,24,25);1H. The van der Waals surface area contributed by atoms with E-state index in [1.807, 2.05) is 14.0 Å². The largest absolute Gasteiger partial charge is 0.369 e. The normalized spacial score (nSPS) is 15.0. The highest BCUT2D eigenvalue weighted by atomic mass is 127. The molecule has 1 aliphatic rings. The van der Waals surface area contributed by atoms with E-state index in [9.17, 15) is 0 Å². The van der Waals surface area contributed by atoms with Crippen LogP contribution in [0.3, 0.4) is 0 Å². The fraction of sp³-hybridized carbons (Fsp3) is 0.565. The van der Waals surface area contributed by atoms with Crippen LogP contribution in [0.25, 0.3) is 0 Å². The monoisotopic (exact) mass is 556 g/mol. The molecule has 31 heavy (non-hydrogen) atoms. The van der Waals surface area contributed by atoms with Gasteiger partial charge in [-0.1, -0.05) is 12.1 Å². The Morgan fingerprint density at radius 1 is 1.19 bits per heavy atom. The summed E-state index contributed by atoms with van der Waals surface area (Å²) < 4.78 is 0. The lowest BCUT2D eigenvalue weighted by Crippen LogP contribution is -2.46. The average Bonchev–Trinajstić information content (AvgIpc) is 3.15. The number of thiazole rings is 1. The van der Waals surface area contributed by atoms with E-state index in [1.54, 1.807) is 11.3 Å². The van der Waals surface area contributed by atoms with E-state index in [0.29, 0.717) is 0 Å². The molecule has 1 N–H and O–H groups in total. The number of guanidine groups is 1. The van der Waals surface area contributed by atoms with Gasteiger partial charge < -0.3 is 15.1 Å². The predicted octanol–water partition coefficient (Wildman–Crippen LogP) is 3.99. The van der Waals surface area contributed by atoms with Crippen LogP contribution in [-0.2, 0) is 6.54 Å². The molecule has 1 fully saturated rings. The average molecular weight is 557 g/mol. The van der Waals surface area contributed by atoms with Gasteiger partial charge in [0.15, 0.2) is 5.96 Å². The zero-order valence-electron chi connectivity index (χ0n) is 19.3. The van der Waals surface area contributed by atoms with Gasteiger partial charge in [0.25, 0.3) is 0 Å². The molecule has 0 atom stereocenters. The Morgan fingerprint density at radius 3 is 2.61 bits per heavy atom. The van der Waals surface area contributed by atoms with E-state index >= 15 is 0 Å². The summed E-state index contributed by atoms with van der Waals surface area (Å²) in [5.41, 5.74) is 3.81. The summed E-state index contributed by atoms with van der Waals surface area (Å²) in [6.45, 7) is 11.7. The molecule has 0 saturated carbocycles. The van der Waals surface area contributed by atoms with Gasteiger partial charge in [0.2, 0.25) is 0 Å². The van der Waals surface area contributed by atoms with Crippen LogP contribution in [0.2, 0.25) is 0 Å². The Bertz CT molecular complexity index is 816. The Kier molecular flexibility index (Phi) is 11.0. The SMILES string of the molecule is CN=C(NCCCCN1CCN(c2cccc(C)c2)CC1)N(C)Cc1csc(C)n1.I. The number of hydrogen-bond acceptors (Lipinski definition) is 5. The molecule has 0 amide bonds. The molecule has 0 radical (unpaired) electrons. The number of aliphatic imine (C=N–C) groups is 1.